The van der Waals surface area contributed by atoms with E-state index in [0.29, 0.717) is 6.42 Å². The summed E-state index contributed by atoms with van der Waals surface area (Å²) in [4.78, 5) is 14.5. The molecule has 6 heteroatoms. The zero-order valence-electron chi connectivity index (χ0n) is 10.9. The summed E-state index contributed by atoms with van der Waals surface area (Å²) in [5.41, 5.74) is 0. The lowest BCUT2D eigenvalue weighted by molar-refractivity contribution is -0.130. The van der Waals surface area contributed by atoms with Crippen LogP contribution in [0.3, 0.4) is 0 Å². The minimum atomic E-state index is -3.05. The summed E-state index contributed by atoms with van der Waals surface area (Å²) in [6.07, 6.45) is 0.338. The predicted octanol–water partition coefficient (Wildman–Crippen LogP) is 1.57. The molecule has 18 heavy (non-hydrogen) atoms. The number of carbonyl (C=O) groups is 1. The molecule has 0 spiro atoms. The number of amides is 1. The van der Waals surface area contributed by atoms with E-state index in [-0.39, 0.29) is 23.5 Å². The summed E-state index contributed by atoms with van der Waals surface area (Å²) in [7, 11) is -1.39. The molecule has 0 fully saturated rings. The molecular weight excluding hydrogens is 270 g/mol. The Bertz CT molecular complexity index is 479. The van der Waals surface area contributed by atoms with E-state index >= 15 is 0 Å². The van der Waals surface area contributed by atoms with Crippen LogP contribution in [-0.4, -0.2) is 43.8 Å². The topological polar surface area (TPSA) is 54.5 Å². The van der Waals surface area contributed by atoms with Crippen molar-refractivity contribution in [3.63, 3.8) is 0 Å². The molecule has 0 aliphatic carbocycles. The molecule has 0 unspecified atom stereocenters. The van der Waals surface area contributed by atoms with Gasteiger partial charge in [0.2, 0.25) is 5.91 Å². The van der Waals surface area contributed by atoms with Crippen LogP contribution < -0.4 is 0 Å². The molecule has 1 amide bonds. The summed E-state index contributed by atoms with van der Waals surface area (Å²) >= 11 is 1.53. The van der Waals surface area contributed by atoms with Gasteiger partial charge in [-0.05, 0) is 18.4 Å². The fourth-order valence-electron chi connectivity index (χ4n) is 1.53. The van der Waals surface area contributed by atoms with Crippen molar-refractivity contribution in [1.82, 2.24) is 4.90 Å². The van der Waals surface area contributed by atoms with Gasteiger partial charge in [-0.3, -0.25) is 4.79 Å². The maximum absolute atomic E-state index is 12.0. The van der Waals surface area contributed by atoms with Crippen LogP contribution >= 0.6 is 11.3 Å². The number of rotatable bonds is 6. The Morgan fingerprint density at radius 2 is 2.17 bits per heavy atom. The quantitative estimate of drug-likeness (QED) is 0.799. The minimum Gasteiger partial charge on any atom is -0.342 e. The molecule has 0 radical (unpaired) electrons. The van der Waals surface area contributed by atoms with Gasteiger partial charge in [0.1, 0.15) is 0 Å². The molecule has 0 aliphatic rings. The smallest absolute Gasteiger partial charge is 0.227 e. The zero-order valence-corrected chi connectivity index (χ0v) is 12.6. The van der Waals surface area contributed by atoms with E-state index in [2.05, 4.69) is 0 Å². The summed E-state index contributed by atoms with van der Waals surface area (Å²) < 4.78 is 23.0. The first-order valence-electron chi connectivity index (χ1n) is 5.84. The van der Waals surface area contributed by atoms with Gasteiger partial charge in [0.25, 0.3) is 0 Å². The number of sulfone groups is 1. The summed E-state index contributed by atoms with van der Waals surface area (Å²) in [5, 5.41) is 1.92. The number of nitrogens with zero attached hydrogens (tertiary/aromatic N) is 1. The Morgan fingerprint density at radius 1 is 1.50 bits per heavy atom. The van der Waals surface area contributed by atoms with Crippen LogP contribution in [0.2, 0.25) is 0 Å². The van der Waals surface area contributed by atoms with Gasteiger partial charge in [0, 0.05) is 23.7 Å². The molecule has 1 aromatic rings. The van der Waals surface area contributed by atoms with Crippen molar-refractivity contribution in [2.24, 2.45) is 0 Å². The van der Waals surface area contributed by atoms with E-state index in [4.69, 9.17) is 0 Å². The van der Waals surface area contributed by atoms with Crippen LogP contribution in [0, 0.1) is 0 Å². The largest absolute Gasteiger partial charge is 0.342 e. The first-order chi connectivity index (χ1) is 8.35. The van der Waals surface area contributed by atoms with E-state index in [1.165, 1.54) is 16.2 Å². The Balaban J connectivity index is 2.58. The maximum Gasteiger partial charge on any atom is 0.227 e. The first kappa shape index (κ1) is 15.2. The van der Waals surface area contributed by atoms with Gasteiger partial charge in [-0.25, -0.2) is 8.42 Å². The number of likely N-dealkylation sites (N-methyl/N-ethyl adjacent to an activating group) is 1. The maximum atomic E-state index is 12.0. The number of hydrogen-bond donors (Lipinski definition) is 0. The average molecular weight is 289 g/mol. The SMILES string of the molecule is CCS(=O)(=O)C[C@@H](C)N(C)C(=O)Cc1cccs1. The van der Waals surface area contributed by atoms with E-state index in [1.54, 1.807) is 20.9 Å². The molecule has 0 N–H and O–H groups in total. The second-order valence-electron chi connectivity index (χ2n) is 4.31. The number of thiophene rings is 1. The zero-order chi connectivity index (χ0) is 13.8. The molecule has 1 rings (SSSR count). The monoisotopic (exact) mass is 289 g/mol. The van der Waals surface area contributed by atoms with Gasteiger partial charge in [-0.1, -0.05) is 13.0 Å². The molecule has 0 aromatic carbocycles. The van der Waals surface area contributed by atoms with Gasteiger partial charge in [0.05, 0.1) is 12.2 Å². The standard InChI is InChI=1S/C12H19NO3S2/c1-4-18(15,16)9-10(2)13(3)12(14)8-11-6-5-7-17-11/h5-7,10H,4,8-9H2,1-3H3/t10-/m1/s1. The van der Waals surface area contributed by atoms with Crippen LogP contribution in [0.15, 0.2) is 17.5 Å². The summed E-state index contributed by atoms with van der Waals surface area (Å²) in [6, 6.07) is 3.52. The molecule has 0 aliphatic heterocycles. The summed E-state index contributed by atoms with van der Waals surface area (Å²) in [6.45, 7) is 3.38. The molecule has 1 aromatic heterocycles. The highest BCUT2D eigenvalue weighted by Gasteiger charge is 2.21. The molecule has 4 nitrogen and oxygen atoms in total. The van der Waals surface area contributed by atoms with Crippen LogP contribution in [0.4, 0.5) is 0 Å². The van der Waals surface area contributed by atoms with E-state index in [9.17, 15) is 13.2 Å². The molecule has 1 atom stereocenters. The number of carbonyl (C=O) groups excluding carboxylic acids is 1. The van der Waals surface area contributed by atoms with Crippen molar-refractivity contribution >= 4 is 27.1 Å². The third kappa shape index (κ3) is 4.42. The van der Waals surface area contributed by atoms with E-state index < -0.39 is 9.84 Å². The van der Waals surface area contributed by atoms with Crippen molar-refractivity contribution in [2.75, 3.05) is 18.6 Å². The molecule has 0 saturated carbocycles. The highest BCUT2D eigenvalue weighted by Crippen LogP contribution is 2.11. The Hall–Kier alpha value is -0.880. The lowest BCUT2D eigenvalue weighted by Crippen LogP contribution is -2.40. The van der Waals surface area contributed by atoms with Gasteiger partial charge in [-0.15, -0.1) is 11.3 Å². The molecule has 0 bridgehead atoms. The Kier molecular flexibility index (Phi) is 5.34. The fraction of sp³-hybridized carbons (Fsp3) is 0.583. The fourth-order valence-corrected chi connectivity index (χ4v) is 3.42. The third-order valence-electron chi connectivity index (χ3n) is 2.90. The molecular formula is C12H19NO3S2. The van der Waals surface area contributed by atoms with Crippen molar-refractivity contribution in [3.05, 3.63) is 22.4 Å². The van der Waals surface area contributed by atoms with E-state index in [1.807, 2.05) is 17.5 Å². The lowest BCUT2D eigenvalue weighted by atomic mass is 10.2. The highest BCUT2D eigenvalue weighted by atomic mass is 32.2. The highest BCUT2D eigenvalue weighted by molar-refractivity contribution is 7.91. The third-order valence-corrected chi connectivity index (χ3v) is 5.64. The van der Waals surface area contributed by atoms with Gasteiger partial charge < -0.3 is 4.90 Å². The molecule has 102 valence electrons. The van der Waals surface area contributed by atoms with Crippen molar-refractivity contribution in [2.45, 2.75) is 26.3 Å². The molecule has 0 saturated heterocycles. The Labute approximate surface area is 113 Å². The van der Waals surface area contributed by atoms with Crippen LogP contribution in [0.5, 0.6) is 0 Å². The van der Waals surface area contributed by atoms with Gasteiger partial charge in [0.15, 0.2) is 9.84 Å². The Morgan fingerprint density at radius 3 is 2.67 bits per heavy atom. The van der Waals surface area contributed by atoms with Crippen LogP contribution in [-0.2, 0) is 21.1 Å². The van der Waals surface area contributed by atoms with E-state index in [0.717, 1.165) is 4.88 Å². The second-order valence-corrected chi connectivity index (χ2v) is 7.74. The van der Waals surface area contributed by atoms with Gasteiger partial charge >= 0.3 is 0 Å². The lowest BCUT2D eigenvalue weighted by Gasteiger charge is -2.24. The minimum absolute atomic E-state index is 0.0240. The first-order valence-corrected chi connectivity index (χ1v) is 8.54. The van der Waals surface area contributed by atoms with Crippen LogP contribution in [0.25, 0.3) is 0 Å². The van der Waals surface area contributed by atoms with Crippen molar-refractivity contribution in [1.29, 1.82) is 0 Å². The van der Waals surface area contributed by atoms with Crippen molar-refractivity contribution in [3.8, 4) is 0 Å². The van der Waals surface area contributed by atoms with Crippen LogP contribution in [0.1, 0.15) is 18.7 Å². The normalized spacial score (nSPS) is 13.3. The second kappa shape index (κ2) is 6.33. The summed E-state index contributed by atoms with van der Waals surface area (Å²) in [5.74, 6) is 0.0942. The average Bonchev–Trinajstić information content (AvgIpc) is 2.80. The molecule has 1 heterocycles. The number of hydrogen-bond acceptors (Lipinski definition) is 4. The van der Waals surface area contributed by atoms with Gasteiger partial charge in [-0.2, -0.15) is 0 Å². The predicted molar refractivity (Wildman–Crippen MR) is 74.6 cm³/mol. The van der Waals surface area contributed by atoms with Crippen molar-refractivity contribution < 1.29 is 13.2 Å².